The first kappa shape index (κ1) is 16.7. The van der Waals surface area contributed by atoms with E-state index >= 15 is 0 Å². The molecule has 0 bridgehead atoms. The molecule has 0 aliphatic heterocycles. The van der Waals surface area contributed by atoms with Crippen molar-refractivity contribution in [2.75, 3.05) is 0 Å². The molecule has 1 heterocycles. The summed E-state index contributed by atoms with van der Waals surface area (Å²) in [7, 11) is 0. The Morgan fingerprint density at radius 2 is 1.88 bits per heavy atom. The number of ether oxygens (including phenoxy) is 1. The zero-order valence-electron chi connectivity index (χ0n) is 13.3. The van der Waals surface area contributed by atoms with E-state index < -0.39 is 5.97 Å². The van der Waals surface area contributed by atoms with E-state index in [0.717, 1.165) is 11.1 Å². The van der Waals surface area contributed by atoms with Gasteiger partial charge in [-0.3, -0.25) is 0 Å². The summed E-state index contributed by atoms with van der Waals surface area (Å²) < 4.78 is 5.95. The molecule has 2 aromatic carbocycles. The van der Waals surface area contributed by atoms with Crippen LogP contribution in [0.25, 0.3) is 22.0 Å². The van der Waals surface area contributed by atoms with Crippen molar-refractivity contribution >= 4 is 40.7 Å². The van der Waals surface area contributed by atoms with E-state index in [9.17, 15) is 4.79 Å². The van der Waals surface area contributed by atoms with Crippen LogP contribution in [0.4, 0.5) is 0 Å². The molecule has 1 aromatic heterocycles. The van der Waals surface area contributed by atoms with E-state index in [1.54, 1.807) is 12.1 Å². The molecule has 122 valence electrons. The number of pyridine rings is 1. The summed E-state index contributed by atoms with van der Waals surface area (Å²) in [6, 6.07) is 14.9. The summed E-state index contributed by atoms with van der Waals surface area (Å²) in [5.41, 5.74) is 2.71. The van der Waals surface area contributed by atoms with Crippen molar-refractivity contribution in [3.8, 4) is 11.1 Å². The lowest BCUT2D eigenvalue weighted by Gasteiger charge is -2.15. The fourth-order valence-electron chi connectivity index (χ4n) is 2.63. The van der Waals surface area contributed by atoms with Gasteiger partial charge in [-0.2, -0.15) is 0 Å². The quantitative estimate of drug-likeness (QED) is 0.477. The van der Waals surface area contributed by atoms with Crippen LogP contribution in [0.2, 0.25) is 5.02 Å². The third-order valence-corrected chi connectivity index (χ3v) is 4.13. The zero-order chi connectivity index (χ0) is 17.3. The molecule has 0 saturated carbocycles. The van der Waals surface area contributed by atoms with Crippen LogP contribution in [0.3, 0.4) is 0 Å². The fourth-order valence-corrected chi connectivity index (χ4v) is 3.13. The number of rotatable bonds is 3. The minimum Gasteiger partial charge on any atom is -0.459 e. The molecular weight excluding hydrogens is 342 g/mol. The second-order valence-corrected chi connectivity index (χ2v) is 6.56. The number of carbonyl (C=O) groups excluding carboxylic acids is 1. The maximum absolute atomic E-state index is 12.8. The highest BCUT2D eigenvalue weighted by atomic mass is 35.5. The number of hydrogen-bond donors (Lipinski definition) is 1. The number of aromatic nitrogens is 1. The molecule has 0 fully saturated rings. The molecule has 3 rings (SSSR count). The summed E-state index contributed by atoms with van der Waals surface area (Å²) in [6.45, 7) is 3.64. The van der Waals surface area contributed by atoms with Gasteiger partial charge < -0.3 is 9.72 Å². The molecule has 3 aromatic rings. The van der Waals surface area contributed by atoms with E-state index in [4.69, 9.17) is 28.6 Å². The van der Waals surface area contributed by atoms with Gasteiger partial charge in [-0.1, -0.05) is 54.2 Å². The molecule has 0 aliphatic rings. The van der Waals surface area contributed by atoms with Crippen molar-refractivity contribution in [3.05, 3.63) is 63.8 Å². The van der Waals surface area contributed by atoms with Crippen molar-refractivity contribution in [1.82, 2.24) is 4.98 Å². The molecule has 24 heavy (non-hydrogen) atoms. The second kappa shape index (κ2) is 6.75. The van der Waals surface area contributed by atoms with Crippen LogP contribution in [-0.2, 0) is 4.74 Å². The SMILES string of the molecule is CC(C)OC(=O)c1c(-c2ccccc2)c(=S)[nH]c2ccc(Cl)cc12. The number of benzene rings is 2. The molecule has 0 radical (unpaired) electrons. The molecule has 5 heteroatoms. The minimum absolute atomic E-state index is 0.229. The lowest BCUT2D eigenvalue weighted by Crippen LogP contribution is -2.14. The summed E-state index contributed by atoms with van der Waals surface area (Å²) >= 11 is 11.7. The van der Waals surface area contributed by atoms with Gasteiger partial charge in [0, 0.05) is 21.5 Å². The number of hydrogen-bond acceptors (Lipinski definition) is 3. The van der Waals surface area contributed by atoms with E-state index in [1.165, 1.54) is 0 Å². The highest BCUT2D eigenvalue weighted by Gasteiger charge is 2.21. The molecule has 0 aliphatic carbocycles. The Labute approximate surface area is 150 Å². The Morgan fingerprint density at radius 1 is 1.17 bits per heavy atom. The van der Waals surface area contributed by atoms with E-state index in [-0.39, 0.29) is 6.10 Å². The minimum atomic E-state index is -0.406. The van der Waals surface area contributed by atoms with Gasteiger partial charge >= 0.3 is 5.97 Å². The Morgan fingerprint density at radius 3 is 2.54 bits per heavy atom. The number of nitrogens with one attached hydrogen (secondary N) is 1. The molecule has 0 spiro atoms. The van der Waals surface area contributed by atoms with Crippen LogP contribution in [-0.4, -0.2) is 17.1 Å². The van der Waals surface area contributed by atoms with Crippen LogP contribution in [0.5, 0.6) is 0 Å². The van der Waals surface area contributed by atoms with Gasteiger partial charge in [0.05, 0.1) is 11.7 Å². The van der Waals surface area contributed by atoms with Crippen molar-refractivity contribution in [2.45, 2.75) is 20.0 Å². The third-order valence-electron chi connectivity index (χ3n) is 3.59. The Bertz CT molecular complexity index is 964. The summed E-state index contributed by atoms with van der Waals surface area (Å²) in [6.07, 6.45) is -0.229. The molecule has 0 atom stereocenters. The highest BCUT2D eigenvalue weighted by molar-refractivity contribution is 7.71. The van der Waals surface area contributed by atoms with E-state index in [1.807, 2.05) is 50.2 Å². The van der Waals surface area contributed by atoms with Gasteiger partial charge in [0.2, 0.25) is 0 Å². The topological polar surface area (TPSA) is 42.1 Å². The number of H-pyrrole nitrogens is 1. The van der Waals surface area contributed by atoms with Crippen molar-refractivity contribution in [2.24, 2.45) is 0 Å². The summed E-state index contributed by atoms with van der Waals surface area (Å²) in [5, 5.41) is 1.24. The van der Waals surface area contributed by atoms with Gasteiger partial charge in [0.15, 0.2) is 0 Å². The molecule has 3 nitrogen and oxygen atoms in total. The Hall–Kier alpha value is -2.17. The standard InChI is InChI=1S/C19H16ClNO2S/c1-11(2)23-19(22)17-14-10-13(20)8-9-15(14)21-18(24)16(17)12-6-4-3-5-7-12/h3-11H,1-2H3,(H,21,24). The number of esters is 1. The largest absolute Gasteiger partial charge is 0.459 e. The maximum Gasteiger partial charge on any atom is 0.339 e. The van der Waals surface area contributed by atoms with Crippen LogP contribution < -0.4 is 0 Å². The highest BCUT2D eigenvalue weighted by Crippen LogP contribution is 2.32. The Kier molecular flexibility index (Phi) is 4.69. The molecule has 0 unspecified atom stereocenters. The van der Waals surface area contributed by atoms with Gasteiger partial charge in [-0.15, -0.1) is 0 Å². The van der Waals surface area contributed by atoms with Crippen molar-refractivity contribution < 1.29 is 9.53 Å². The number of fused-ring (bicyclic) bond motifs is 1. The first-order chi connectivity index (χ1) is 11.5. The van der Waals surface area contributed by atoms with Gasteiger partial charge in [0.1, 0.15) is 4.64 Å². The number of halogens is 1. The first-order valence-electron chi connectivity index (χ1n) is 7.59. The number of aromatic amines is 1. The van der Waals surface area contributed by atoms with Crippen molar-refractivity contribution in [3.63, 3.8) is 0 Å². The lowest BCUT2D eigenvalue weighted by atomic mass is 9.98. The predicted molar refractivity (Wildman–Crippen MR) is 100 cm³/mol. The van der Waals surface area contributed by atoms with Gasteiger partial charge in [0.25, 0.3) is 0 Å². The Balaban J connectivity index is 2.39. The fraction of sp³-hybridized carbons (Fsp3) is 0.158. The third kappa shape index (κ3) is 3.21. The van der Waals surface area contributed by atoms with Crippen LogP contribution >= 0.6 is 23.8 Å². The zero-order valence-corrected chi connectivity index (χ0v) is 14.9. The average Bonchev–Trinajstić information content (AvgIpc) is 2.54. The summed E-state index contributed by atoms with van der Waals surface area (Å²) in [5.74, 6) is -0.406. The molecule has 0 amide bonds. The summed E-state index contributed by atoms with van der Waals surface area (Å²) in [4.78, 5) is 16.0. The lowest BCUT2D eigenvalue weighted by molar-refractivity contribution is 0.0381. The molecular formula is C19H16ClNO2S. The number of carbonyl (C=O) groups is 1. The van der Waals surface area contributed by atoms with E-state index in [2.05, 4.69) is 4.98 Å². The maximum atomic E-state index is 12.8. The van der Waals surface area contributed by atoms with Crippen LogP contribution in [0, 0.1) is 4.64 Å². The van der Waals surface area contributed by atoms with Gasteiger partial charge in [-0.05, 0) is 37.6 Å². The van der Waals surface area contributed by atoms with Gasteiger partial charge in [-0.25, -0.2) is 4.79 Å². The predicted octanol–water partition coefficient (Wildman–Crippen LogP) is 5.78. The van der Waals surface area contributed by atoms with E-state index in [0.29, 0.717) is 26.2 Å². The van der Waals surface area contributed by atoms with Crippen molar-refractivity contribution in [1.29, 1.82) is 0 Å². The molecule has 0 saturated heterocycles. The molecule has 1 N–H and O–H groups in total. The smallest absolute Gasteiger partial charge is 0.339 e. The van der Waals surface area contributed by atoms with Crippen LogP contribution in [0.1, 0.15) is 24.2 Å². The van der Waals surface area contributed by atoms with Crippen LogP contribution in [0.15, 0.2) is 48.5 Å². The first-order valence-corrected chi connectivity index (χ1v) is 8.38. The average molecular weight is 358 g/mol. The monoisotopic (exact) mass is 357 g/mol. The normalized spacial score (nSPS) is 11.0. The second-order valence-electron chi connectivity index (χ2n) is 5.71.